The Morgan fingerprint density at radius 3 is 2.78 bits per heavy atom. The SMILES string of the molecule is CCNC(=NCc1cccc(CN2CCOC(C)C2)c1)NC1CCCC1.I. The van der Waals surface area contributed by atoms with Gasteiger partial charge in [0.05, 0.1) is 19.3 Å². The van der Waals surface area contributed by atoms with Crippen LogP contribution in [0.5, 0.6) is 0 Å². The van der Waals surface area contributed by atoms with E-state index in [0.29, 0.717) is 12.1 Å². The van der Waals surface area contributed by atoms with Gasteiger partial charge in [0.25, 0.3) is 0 Å². The zero-order valence-electron chi connectivity index (χ0n) is 16.7. The highest BCUT2D eigenvalue weighted by molar-refractivity contribution is 14.0. The molecule has 2 aliphatic rings. The maximum absolute atomic E-state index is 5.64. The average Bonchev–Trinajstić information content (AvgIpc) is 3.13. The lowest BCUT2D eigenvalue weighted by Gasteiger charge is -2.31. The summed E-state index contributed by atoms with van der Waals surface area (Å²) in [4.78, 5) is 7.28. The summed E-state index contributed by atoms with van der Waals surface area (Å²) >= 11 is 0. The number of morpholine rings is 1. The first-order chi connectivity index (χ1) is 12.7. The van der Waals surface area contributed by atoms with Gasteiger partial charge >= 0.3 is 0 Å². The summed E-state index contributed by atoms with van der Waals surface area (Å²) in [6.07, 6.45) is 5.52. The molecule has 1 aliphatic carbocycles. The third kappa shape index (κ3) is 7.58. The van der Waals surface area contributed by atoms with Crippen LogP contribution in [-0.4, -0.2) is 49.2 Å². The molecule has 5 nitrogen and oxygen atoms in total. The fourth-order valence-electron chi connectivity index (χ4n) is 3.87. The van der Waals surface area contributed by atoms with E-state index in [1.54, 1.807) is 0 Å². The van der Waals surface area contributed by atoms with E-state index in [-0.39, 0.29) is 24.0 Å². The van der Waals surface area contributed by atoms with Crippen LogP contribution in [0.3, 0.4) is 0 Å². The molecule has 2 N–H and O–H groups in total. The molecule has 1 saturated heterocycles. The number of rotatable bonds is 6. The van der Waals surface area contributed by atoms with Crippen molar-refractivity contribution < 1.29 is 4.74 Å². The van der Waals surface area contributed by atoms with Crippen LogP contribution in [0.25, 0.3) is 0 Å². The summed E-state index contributed by atoms with van der Waals surface area (Å²) in [6.45, 7) is 9.74. The molecule has 1 aliphatic heterocycles. The Kier molecular flexibility index (Phi) is 9.86. The molecule has 1 atom stereocenters. The van der Waals surface area contributed by atoms with E-state index in [1.807, 2.05) is 0 Å². The van der Waals surface area contributed by atoms with Crippen LogP contribution < -0.4 is 10.6 Å². The first kappa shape index (κ1) is 22.4. The van der Waals surface area contributed by atoms with E-state index < -0.39 is 0 Å². The van der Waals surface area contributed by atoms with Gasteiger partial charge in [-0.25, -0.2) is 4.99 Å². The van der Waals surface area contributed by atoms with Gasteiger partial charge in [-0.2, -0.15) is 0 Å². The van der Waals surface area contributed by atoms with Crippen molar-refractivity contribution in [3.63, 3.8) is 0 Å². The van der Waals surface area contributed by atoms with Gasteiger partial charge in [-0.3, -0.25) is 4.90 Å². The smallest absolute Gasteiger partial charge is 0.191 e. The highest BCUT2D eigenvalue weighted by Crippen LogP contribution is 2.17. The minimum Gasteiger partial charge on any atom is -0.376 e. The number of hydrogen-bond acceptors (Lipinski definition) is 3. The summed E-state index contributed by atoms with van der Waals surface area (Å²) in [5, 5.41) is 6.97. The number of nitrogens with one attached hydrogen (secondary N) is 2. The van der Waals surface area contributed by atoms with Gasteiger partial charge in [0.1, 0.15) is 0 Å². The van der Waals surface area contributed by atoms with Crippen molar-refractivity contribution in [2.24, 2.45) is 4.99 Å². The normalized spacial score (nSPS) is 21.7. The van der Waals surface area contributed by atoms with Crippen LogP contribution in [0, 0.1) is 0 Å². The number of hydrogen-bond donors (Lipinski definition) is 2. The second kappa shape index (κ2) is 11.9. The van der Waals surface area contributed by atoms with Crippen molar-refractivity contribution in [3.05, 3.63) is 35.4 Å². The highest BCUT2D eigenvalue weighted by atomic mass is 127. The van der Waals surface area contributed by atoms with E-state index in [2.05, 4.69) is 53.6 Å². The first-order valence-electron chi connectivity index (χ1n) is 10.2. The van der Waals surface area contributed by atoms with Gasteiger partial charge < -0.3 is 15.4 Å². The van der Waals surface area contributed by atoms with Gasteiger partial charge in [0.15, 0.2) is 5.96 Å². The molecule has 1 aromatic rings. The maximum Gasteiger partial charge on any atom is 0.191 e. The van der Waals surface area contributed by atoms with Gasteiger partial charge in [-0.05, 0) is 37.8 Å². The van der Waals surface area contributed by atoms with Crippen LogP contribution in [0.15, 0.2) is 29.3 Å². The summed E-state index contributed by atoms with van der Waals surface area (Å²) in [6, 6.07) is 9.43. The van der Waals surface area contributed by atoms with Crippen LogP contribution in [-0.2, 0) is 17.8 Å². The summed E-state index contributed by atoms with van der Waals surface area (Å²) in [5.74, 6) is 0.951. The molecule has 27 heavy (non-hydrogen) atoms. The van der Waals surface area contributed by atoms with Crippen molar-refractivity contribution in [1.29, 1.82) is 0 Å². The molecular formula is C21H35IN4O. The molecule has 0 amide bonds. The van der Waals surface area contributed by atoms with Crippen molar-refractivity contribution in [1.82, 2.24) is 15.5 Å². The van der Waals surface area contributed by atoms with E-state index in [9.17, 15) is 0 Å². The van der Waals surface area contributed by atoms with Gasteiger partial charge in [0, 0.05) is 32.2 Å². The second-order valence-electron chi connectivity index (χ2n) is 7.56. The molecule has 3 rings (SSSR count). The topological polar surface area (TPSA) is 48.9 Å². The molecule has 0 radical (unpaired) electrons. The standard InChI is InChI=1S/C21H34N4O.HI/c1-3-22-21(24-20-9-4-5-10-20)23-14-18-7-6-8-19(13-18)16-25-11-12-26-17(2)15-25;/h6-8,13,17,20H,3-5,9-12,14-16H2,1-2H3,(H2,22,23,24);1H. The third-order valence-corrected chi connectivity index (χ3v) is 5.18. The largest absolute Gasteiger partial charge is 0.376 e. The monoisotopic (exact) mass is 486 g/mol. The lowest BCUT2D eigenvalue weighted by molar-refractivity contribution is -0.0212. The minimum absolute atomic E-state index is 0. The molecule has 0 bridgehead atoms. The first-order valence-corrected chi connectivity index (χ1v) is 10.2. The third-order valence-electron chi connectivity index (χ3n) is 5.18. The van der Waals surface area contributed by atoms with Gasteiger partial charge in [-0.1, -0.05) is 37.1 Å². The van der Waals surface area contributed by atoms with E-state index in [0.717, 1.165) is 45.3 Å². The number of guanidine groups is 1. The molecule has 152 valence electrons. The number of benzene rings is 1. The molecule has 0 aromatic heterocycles. The summed E-state index contributed by atoms with van der Waals surface area (Å²) < 4.78 is 5.64. The minimum atomic E-state index is 0. The second-order valence-corrected chi connectivity index (χ2v) is 7.56. The maximum atomic E-state index is 5.64. The lowest BCUT2D eigenvalue weighted by atomic mass is 10.1. The zero-order chi connectivity index (χ0) is 18.2. The van der Waals surface area contributed by atoms with Gasteiger partial charge in [-0.15, -0.1) is 24.0 Å². The quantitative estimate of drug-likeness (QED) is 0.367. The molecular weight excluding hydrogens is 451 g/mol. The number of ether oxygens (including phenoxy) is 1. The number of aliphatic imine (C=N–C) groups is 1. The molecule has 1 heterocycles. The predicted molar refractivity (Wildman–Crippen MR) is 123 cm³/mol. The lowest BCUT2D eigenvalue weighted by Crippen LogP contribution is -2.42. The molecule has 0 spiro atoms. The average molecular weight is 486 g/mol. The molecule has 1 saturated carbocycles. The molecule has 6 heteroatoms. The fraction of sp³-hybridized carbons (Fsp3) is 0.667. The van der Waals surface area contributed by atoms with E-state index in [1.165, 1.54) is 36.8 Å². The Hall–Kier alpha value is -0.860. The van der Waals surface area contributed by atoms with Crippen LogP contribution in [0.4, 0.5) is 0 Å². The van der Waals surface area contributed by atoms with Crippen molar-refractivity contribution in [2.45, 2.75) is 64.8 Å². The Morgan fingerprint density at radius 2 is 2.04 bits per heavy atom. The van der Waals surface area contributed by atoms with E-state index in [4.69, 9.17) is 9.73 Å². The van der Waals surface area contributed by atoms with Crippen LogP contribution in [0.1, 0.15) is 50.7 Å². The van der Waals surface area contributed by atoms with Crippen molar-refractivity contribution in [2.75, 3.05) is 26.2 Å². The van der Waals surface area contributed by atoms with E-state index >= 15 is 0 Å². The Bertz CT molecular complexity index is 589. The molecule has 2 fully saturated rings. The van der Waals surface area contributed by atoms with Crippen LogP contribution >= 0.6 is 24.0 Å². The predicted octanol–water partition coefficient (Wildman–Crippen LogP) is 3.52. The van der Waals surface area contributed by atoms with Crippen molar-refractivity contribution >= 4 is 29.9 Å². The Balaban J connectivity index is 0.00000261. The van der Waals surface area contributed by atoms with Gasteiger partial charge in [0.2, 0.25) is 0 Å². The molecule has 1 unspecified atom stereocenters. The number of nitrogens with zero attached hydrogens (tertiary/aromatic N) is 2. The van der Waals surface area contributed by atoms with Crippen molar-refractivity contribution in [3.8, 4) is 0 Å². The Morgan fingerprint density at radius 1 is 1.26 bits per heavy atom. The highest BCUT2D eigenvalue weighted by Gasteiger charge is 2.17. The van der Waals surface area contributed by atoms with Crippen LogP contribution in [0.2, 0.25) is 0 Å². The summed E-state index contributed by atoms with van der Waals surface area (Å²) in [5.41, 5.74) is 2.63. The summed E-state index contributed by atoms with van der Waals surface area (Å²) in [7, 11) is 0. The zero-order valence-corrected chi connectivity index (χ0v) is 19.1. The Labute approximate surface area is 181 Å². The number of halogens is 1. The molecule has 1 aromatic carbocycles. The fourth-order valence-corrected chi connectivity index (χ4v) is 3.87.